The van der Waals surface area contributed by atoms with Crippen molar-refractivity contribution in [1.82, 2.24) is 0 Å². The van der Waals surface area contributed by atoms with E-state index in [9.17, 15) is 0 Å². The Balaban J connectivity index is 0.000000963. The fraction of sp³-hybridized carbons (Fsp3) is 0. The molecule has 0 fully saturated rings. The van der Waals surface area contributed by atoms with Gasteiger partial charge in [-0.3, -0.25) is 11.3 Å². The van der Waals surface area contributed by atoms with Crippen LogP contribution in [-0.2, 0) is 32.7 Å². The normalized spacial score (nSPS) is 10.0. The van der Waals surface area contributed by atoms with Crippen LogP contribution in [0.5, 0.6) is 0 Å². The van der Waals surface area contributed by atoms with E-state index in [2.05, 4.69) is 47.8 Å². The van der Waals surface area contributed by atoms with Crippen LogP contribution in [0.1, 0.15) is 0 Å². The zero-order valence-corrected chi connectivity index (χ0v) is 12.3. The number of rotatable bonds is 1. The van der Waals surface area contributed by atoms with Gasteiger partial charge in [0.1, 0.15) is 0 Å². The second-order valence-electron chi connectivity index (χ2n) is 3.38. The minimum atomic E-state index is 0. The fourth-order valence-corrected chi connectivity index (χ4v) is 2.32. The molecule has 0 saturated carbocycles. The van der Waals surface area contributed by atoms with Gasteiger partial charge in [0, 0.05) is 32.7 Å². The molecule has 0 aliphatic carbocycles. The van der Waals surface area contributed by atoms with Gasteiger partial charge < -0.3 is 0 Å². The fourth-order valence-electron chi connectivity index (χ4n) is 1.75. The molecule has 3 rings (SSSR count). The molecule has 0 aliphatic heterocycles. The van der Waals surface area contributed by atoms with E-state index in [1.165, 1.54) is 10.8 Å². The molecular weight excluding hydrogens is 289 g/mol. The van der Waals surface area contributed by atoms with Crippen LogP contribution in [0.15, 0.2) is 47.8 Å². The second kappa shape index (κ2) is 5.22. The minimum absolute atomic E-state index is 0. The Morgan fingerprint density at radius 2 is 1.88 bits per heavy atom. The molecule has 16 heavy (non-hydrogen) atoms. The van der Waals surface area contributed by atoms with Crippen LogP contribution in [0.25, 0.3) is 21.9 Å². The molecule has 0 nitrogen and oxygen atoms in total. The van der Waals surface area contributed by atoms with Crippen LogP contribution in [0.3, 0.4) is 0 Å². The molecule has 0 unspecified atom stereocenters. The SMILES string of the molecule is [Y].[c-]1sccc1-c1[c-]ccc2ccccc12. The van der Waals surface area contributed by atoms with Gasteiger partial charge in [0.15, 0.2) is 0 Å². The zero-order valence-electron chi connectivity index (χ0n) is 8.60. The quantitative estimate of drug-likeness (QED) is 0.591. The maximum Gasteiger partial charge on any atom is 0 e. The van der Waals surface area contributed by atoms with Crippen molar-refractivity contribution in [3.05, 3.63) is 59.3 Å². The van der Waals surface area contributed by atoms with Crippen molar-refractivity contribution in [2.45, 2.75) is 0 Å². The summed E-state index contributed by atoms with van der Waals surface area (Å²) in [6.07, 6.45) is 0. The van der Waals surface area contributed by atoms with Crippen LogP contribution in [0.4, 0.5) is 0 Å². The predicted octanol–water partition coefficient (Wildman–Crippen LogP) is 4.17. The Labute approximate surface area is 124 Å². The molecule has 3 aromatic rings. The third-order valence-corrected chi connectivity index (χ3v) is 3.07. The van der Waals surface area contributed by atoms with Crippen molar-refractivity contribution in [1.29, 1.82) is 0 Å². The van der Waals surface area contributed by atoms with Crippen molar-refractivity contribution >= 4 is 22.1 Å². The second-order valence-corrected chi connectivity index (χ2v) is 4.09. The van der Waals surface area contributed by atoms with E-state index in [1.54, 1.807) is 11.3 Å². The standard InChI is InChI=1S/C14H8S.Y/c1-2-6-13-11(4-1)5-3-7-14(13)12-8-9-15-10-12;/h1-6,8-9H;/q-2;. The first-order valence-electron chi connectivity index (χ1n) is 4.80. The average molecular weight is 297 g/mol. The van der Waals surface area contributed by atoms with E-state index >= 15 is 0 Å². The van der Waals surface area contributed by atoms with E-state index in [4.69, 9.17) is 0 Å². The molecule has 0 bridgehead atoms. The molecule has 1 radical (unpaired) electrons. The first-order valence-corrected chi connectivity index (χ1v) is 5.68. The van der Waals surface area contributed by atoms with Gasteiger partial charge in [-0.05, 0) is 0 Å². The molecule has 75 valence electrons. The molecular formula is C14H8SY-2. The summed E-state index contributed by atoms with van der Waals surface area (Å²) < 4.78 is 0. The van der Waals surface area contributed by atoms with Gasteiger partial charge in [0.05, 0.1) is 0 Å². The number of benzene rings is 2. The molecule has 1 aromatic heterocycles. The molecule has 0 aliphatic rings. The number of hydrogen-bond donors (Lipinski definition) is 0. The van der Waals surface area contributed by atoms with Crippen molar-refractivity contribution in [2.24, 2.45) is 0 Å². The van der Waals surface area contributed by atoms with Crippen molar-refractivity contribution in [2.75, 3.05) is 0 Å². The van der Waals surface area contributed by atoms with Crippen molar-refractivity contribution in [3.8, 4) is 11.1 Å². The third-order valence-electron chi connectivity index (χ3n) is 2.46. The summed E-state index contributed by atoms with van der Waals surface area (Å²) in [6.45, 7) is 0. The molecule has 0 saturated heterocycles. The number of hydrogen-bond acceptors (Lipinski definition) is 1. The Morgan fingerprint density at radius 1 is 1.00 bits per heavy atom. The van der Waals surface area contributed by atoms with Crippen molar-refractivity contribution in [3.63, 3.8) is 0 Å². The van der Waals surface area contributed by atoms with Crippen molar-refractivity contribution < 1.29 is 32.7 Å². The predicted molar refractivity (Wildman–Crippen MR) is 64.9 cm³/mol. The smallest absolute Gasteiger partial charge is 0 e. The van der Waals surface area contributed by atoms with Crippen LogP contribution >= 0.6 is 11.3 Å². The van der Waals surface area contributed by atoms with Gasteiger partial charge in [-0.1, -0.05) is 18.2 Å². The van der Waals surface area contributed by atoms with Gasteiger partial charge in [-0.15, -0.1) is 33.7 Å². The number of thiophene rings is 1. The van der Waals surface area contributed by atoms with Crippen LogP contribution in [-0.4, -0.2) is 0 Å². The Hall–Kier alpha value is -0.496. The summed E-state index contributed by atoms with van der Waals surface area (Å²) in [5.74, 6) is 0. The van der Waals surface area contributed by atoms with Gasteiger partial charge >= 0.3 is 0 Å². The van der Waals surface area contributed by atoms with Crippen LogP contribution < -0.4 is 0 Å². The summed E-state index contributed by atoms with van der Waals surface area (Å²) in [4.78, 5) is 0. The third kappa shape index (κ3) is 2.13. The molecule has 0 N–H and O–H groups in total. The van der Waals surface area contributed by atoms with Gasteiger partial charge in [0.25, 0.3) is 0 Å². The largest absolute Gasteiger partial charge is 0.276 e. The summed E-state index contributed by atoms with van der Waals surface area (Å²) in [7, 11) is 0. The summed E-state index contributed by atoms with van der Waals surface area (Å²) in [6, 6.07) is 17.8. The van der Waals surface area contributed by atoms with Gasteiger partial charge in [0.2, 0.25) is 0 Å². The minimum Gasteiger partial charge on any atom is -0.276 e. The van der Waals surface area contributed by atoms with E-state index in [-0.39, 0.29) is 32.7 Å². The zero-order chi connectivity index (χ0) is 10.1. The van der Waals surface area contributed by atoms with Crippen LogP contribution in [0, 0.1) is 11.4 Å². The summed E-state index contributed by atoms with van der Waals surface area (Å²) >= 11 is 1.60. The molecule has 0 spiro atoms. The molecule has 1 heterocycles. The maximum absolute atomic E-state index is 3.29. The summed E-state index contributed by atoms with van der Waals surface area (Å²) in [5, 5.41) is 7.80. The first-order chi connectivity index (χ1) is 7.45. The summed E-state index contributed by atoms with van der Waals surface area (Å²) in [5.41, 5.74) is 2.28. The van der Waals surface area contributed by atoms with E-state index in [1.807, 2.05) is 11.4 Å². The van der Waals surface area contributed by atoms with E-state index in [0.29, 0.717) is 0 Å². The van der Waals surface area contributed by atoms with E-state index < -0.39 is 0 Å². The average Bonchev–Trinajstić information content (AvgIpc) is 2.82. The maximum atomic E-state index is 3.29. The molecule has 2 aromatic carbocycles. The molecule has 2 heteroatoms. The molecule has 0 amide bonds. The van der Waals surface area contributed by atoms with Gasteiger partial charge in [-0.25, -0.2) is 17.2 Å². The van der Waals surface area contributed by atoms with E-state index in [0.717, 1.165) is 11.1 Å². The van der Waals surface area contributed by atoms with Crippen LogP contribution in [0.2, 0.25) is 0 Å². The Kier molecular flexibility index (Phi) is 3.91. The van der Waals surface area contributed by atoms with Gasteiger partial charge in [-0.2, -0.15) is 12.1 Å². The Bertz CT molecular complexity index is 579. The topological polar surface area (TPSA) is 0 Å². The monoisotopic (exact) mass is 297 g/mol. The Morgan fingerprint density at radius 3 is 2.69 bits per heavy atom. The first kappa shape index (κ1) is 12.0. The number of fused-ring (bicyclic) bond motifs is 1. The molecule has 0 atom stereocenters.